The van der Waals surface area contributed by atoms with Crippen molar-refractivity contribution in [1.82, 2.24) is 15.3 Å². The highest BCUT2D eigenvalue weighted by atomic mass is 79.9. The number of nitrogens with zero attached hydrogens (tertiary/aromatic N) is 2. The summed E-state index contributed by atoms with van der Waals surface area (Å²) in [6, 6.07) is 4.10. The van der Waals surface area contributed by atoms with Gasteiger partial charge in [-0.1, -0.05) is 0 Å². The molecule has 0 unspecified atom stereocenters. The number of nitrogens with one attached hydrogen (secondary N) is 2. The Morgan fingerprint density at radius 2 is 2.29 bits per heavy atom. The molecule has 0 bridgehead atoms. The third-order valence-corrected chi connectivity index (χ3v) is 3.53. The van der Waals surface area contributed by atoms with E-state index >= 15 is 0 Å². The Bertz CT molecular complexity index is 643. The molecule has 0 saturated heterocycles. The van der Waals surface area contributed by atoms with Crippen molar-refractivity contribution in [2.24, 2.45) is 0 Å². The van der Waals surface area contributed by atoms with Crippen molar-refractivity contribution in [3.8, 4) is 0 Å². The molecule has 7 nitrogen and oxygen atoms in total. The zero-order valence-electron chi connectivity index (χ0n) is 11.0. The van der Waals surface area contributed by atoms with Crippen LogP contribution in [0.3, 0.4) is 0 Å². The first-order valence-corrected chi connectivity index (χ1v) is 7.07. The summed E-state index contributed by atoms with van der Waals surface area (Å²) in [7, 11) is 0. The van der Waals surface area contributed by atoms with E-state index in [1.54, 1.807) is 12.4 Å². The van der Waals surface area contributed by atoms with Crippen LogP contribution in [0.25, 0.3) is 0 Å². The van der Waals surface area contributed by atoms with E-state index in [1.165, 1.54) is 18.2 Å². The fraction of sp³-hybridized carbons (Fsp3) is 0.231. The number of amides is 1. The molecule has 110 valence electrons. The first kappa shape index (κ1) is 15.2. The maximum Gasteiger partial charge on any atom is 0.270 e. The summed E-state index contributed by atoms with van der Waals surface area (Å²) in [5.41, 5.74) is 0.140. The van der Waals surface area contributed by atoms with Gasteiger partial charge in [0.1, 0.15) is 5.82 Å². The second kappa shape index (κ2) is 6.98. The molecular formula is C13H13BrN4O3. The number of carbonyl (C=O) groups excluding carboxylic acids is 1. The van der Waals surface area contributed by atoms with Gasteiger partial charge >= 0.3 is 0 Å². The molecule has 8 heteroatoms. The number of hydrogen-bond donors (Lipinski definition) is 2. The summed E-state index contributed by atoms with van der Waals surface area (Å²) < 4.78 is 0.525. The Morgan fingerprint density at radius 1 is 1.48 bits per heavy atom. The Labute approximate surface area is 129 Å². The predicted molar refractivity (Wildman–Crippen MR) is 80.0 cm³/mol. The number of hydrogen-bond acceptors (Lipinski definition) is 4. The lowest BCUT2D eigenvalue weighted by Crippen LogP contribution is -2.25. The van der Waals surface area contributed by atoms with Crippen LogP contribution in [-0.4, -0.2) is 27.3 Å². The van der Waals surface area contributed by atoms with Gasteiger partial charge in [-0.2, -0.15) is 0 Å². The van der Waals surface area contributed by atoms with Gasteiger partial charge in [0, 0.05) is 42.0 Å². The molecule has 0 saturated carbocycles. The van der Waals surface area contributed by atoms with E-state index in [0.29, 0.717) is 11.0 Å². The number of rotatable bonds is 6. The average molecular weight is 353 g/mol. The summed E-state index contributed by atoms with van der Waals surface area (Å²) in [5.74, 6) is 0.519. The maximum atomic E-state index is 12.0. The molecule has 0 aliphatic rings. The zero-order valence-corrected chi connectivity index (χ0v) is 12.6. The number of aromatic nitrogens is 2. The minimum absolute atomic E-state index is 0.112. The highest BCUT2D eigenvalue weighted by molar-refractivity contribution is 9.10. The summed E-state index contributed by atoms with van der Waals surface area (Å²) in [5, 5.41) is 13.5. The highest BCUT2D eigenvalue weighted by Gasteiger charge is 2.15. The van der Waals surface area contributed by atoms with E-state index in [4.69, 9.17) is 0 Å². The molecule has 0 aliphatic carbocycles. The minimum atomic E-state index is -0.528. The fourth-order valence-electron chi connectivity index (χ4n) is 1.79. The molecule has 0 spiro atoms. The van der Waals surface area contributed by atoms with Crippen molar-refractivity contribution < 1.29 is 9.72 Å². The smallest absolute Gasteiger partial charge is 0.270 e. The molecule has 2 aromatic rings. The number of aromatic amines is 1. The second-order valence-electron chi connectivity index (χ2n) is 4.32. The normalized spacial score (nSPS) is 10.3. The lowest BCUT2D eigenvalue weighted by molar-refractivity contribution is -0.384. The van der Waals surface area contributed by atoms with Gasteiger partial charge in [0.25, 0.3) is 11.6 Å². The first-order chi connectivity index (χ1) is 10.1. The Morgan fingerprint density at radius 3 is 2.95 bits per heavy atom. The zero-order chi connectivity index (χ0) is 15.2. The number of carbonyl (C=O) groups is 1. The SMILES string of the molecule is O=C(NCCCc1ncc[nH]1)c1cc([N+](=O)[O-])ccc1Br. The molecule has 21 heavy (non-hydrogen) atoms. The lowest BCUT2D eigenvalue weighted by atomic mass is 10.2. The van der Waals surface area contributed by atoms with E-state index in [0.717, 1.165) is 18.7 Å². The molecule has 1 heterocycles. The van der Waals surface area contributed by atoms with E-state index in [1.807, 2.05) is 0 Å². The molecule has 0 atom stereocenters. The summed E-state index contributed by atoms with van der Waals surface area (Å²) in [4.78, 5) is 29.3. The molecule has 1 aromatic carbocycles. The van der Waals surface area contributed by atoms with E-state index in [-0.39, 0.29) is 17.2 Å². The topological polar surface area (TPSA) is 101 Å². The van der Waals surface area contributed by atoms with Crippen LogP contribution in [0.2, 0.25) is 0 Å². The third kappa shape index (κ3) is 4.12. The number of H-pyrrole nitrogens is 1. The van der Waals surface area contributed by atoms with Gasteiger partial charge in [0.15, 0.2) is 0 Å². The predicted octanol–water partition coefficient (Wildman–Crippen LogP) is 2.44. The number of nitro groups is 1. The molecule has 1 amide bonds. The minimum Gasteiger partial charge on any atom is -0.352 e. The van der Waals surface area contributed by atoms with E-state index in [2.05, 4.69) is 31.2 Å². The monoisotopic (exact) mass is 352 g/mol. The van der Waals surface area contributed by atoms with Crippen LogP contribution in [-0.2, 0) is 6.42 Å². The lowest BCUT2D eigenvalue weighted by Gasteiger charge is -2.06. The van der Waals surface area contributed by atoms with Gasteiger partial charge in [0.2, 0.25) is 0 Å². The standard InChI is InChI=1S/C13H13BrN4O3/c14-11-4-3-9(18(20)21)8-10(11)13(19)17-5-1-2-12-15-6-7-16-12/h3-4,6-8H,1-2,5H2,(H,15,16)(H,17,19). The molecule has 0 aliphatic heterocycles. The van der Waals surface area contributed by atoms with Crippen LogP contribution < -0.4 is 5.32 Å². The fourth-order valence-corrected chi connectivity index (χ4v) is 2.22. The van der Waals surface area contributed by atoms with Crippen LogP contribution in [0.4, 0.5) is 5.69 Å². The molecule has 1 aromatic heterocycles. The van der Waals surface area contributed by atoms with Crippen molar-refractivity contribution in [1.29, 1.82) is 0 Å². The largest absolute Gasteiger partial charge is 0.352 e. The van der Waals surface area contributed by atoms with Crippen molar-refractivity contribution in [3.05, 3.63) is 56.6 Å². The average Bonchev–Trinajstić information content (AvgIpc) is 2.96. The van der Waals surface area contributed by atoms with Crippen molar-refractivity contribution in [2.75, 3.05) is 6.54 Å². The molecule has 2 N–H and O–H groups in total. The molecule has 0 fully saturated rings. The Hall–Kier alpha value is -2.22. The van der Waals surface area contributed by atoms with Gasteiger partial charge in [-0.15, -0.1) is 0 Å². The van der Waals surface area contributed by atoms with Gasteiger partial charge < -0.3 is 10.3 Å². The Kier molecular flexibility index (Phi) is 5.04. The second-order valence-corrected chi connectivity index (χ2v) is 5.17. The molecule has 0 radical (unpaired) electrons. The van der Waals surface area contributed by atoms with Gasteiger partial charge in [-0.3, -0.25) is 14.9 Å². The van der Waals surface area contributed by atoms with Gasteiger partial charge in [0.05, 0.1) is 10.5 Å². The van der Waals surface area contributed by atoms with Gasteiger partial charge in [-0.05, 0) is 28.4 Å². The maximum absolute atomic E-state index is 12.0. The van der Waals surface area contributed by atoms with Crippen molar-refractivity contribution in [3.63, 3.8) is 0 Å². The number of non-ortho nitro benzene ring substituents is 1. The van der Waals surface area contributed by atoms with E-state index in [9.17, 15) is 14.9 Å². The first-order valence-electron chi connectivity index (χ1n) is 6.28. The summed E-state index contributed by atoms with van der Waals surface area (Å²) >= 11 is 3.22. The summed E-state index contributed by atoms with van der Waals surface area (Å²) in [6.07, 6.45) is 4.87. The van der Waals surface area contributed by atoms with Crippen LogP contribution in [0.5, 0.6) is 0 Å². The van der Waals surface area contributed by atoms with Crippen LogP contribution in [0.1, 0.15) is 22.6 Å². The Balaban J connectivity index is 1.90. The van der Waals surface area contributed by atoms with Crippen molar-refractivity contribution >= 4 is 27.5 Å². The van der Waals surface area contributed by atoms with Crippen LogP contribution in [0.15, 0.2) is 35.1 Å². The number of halogens is 1. The summed E-state index contributed by atoms with van der Waals surface area (Å²) in [6.45, 7) is 0.467. The van der Waals surface area contributed by atoms with Crippen molar-refractivity contribution in [2.45, 2.75) is 12.8 Å². The molecule has 2 rings (SSSR count). The number of aryl methyl sites for hydroxylation is 1. The molecular weight excluding hydrogens is 340 g/mol. The third-order valence-electron chi connectivity index (χ3n) is 2.84. The van der Waals surface area contributed by atoms with Crippen LogP contribution >= 0.6 is 15.9 Å². The highest BCUT2D eigenvalue weighted by Crippen LogP contribution is 2.22. The van der Waals surface area contributed by atoms with E-state index < -0.39 is 4.92 Å². The van der Waals surface area contributed by atoms with Crippen LogP contribution in [0, 0.1) is 10.1 Å². The number of nitro benzene ring substituents is 1. The number of imidazole rings is 1. The quantitative estimate of drug-likeness (QED) is 0.473. The van der Waals surface area contributed by atoms with Gasteiger partial charge in [-0.25, -0.2) is 4.98 Å². The number of benzene rings is 1.